The van der Waals surface area contributed by atoms with Gasteiger partial charge in [0.05, 0.1) is 0 Å². The van der Waals surface area contributed by atoms with Gasteiger partial charge in [-0.15, -0.1) is 0 Å². The minimum absolute atomic E-state index is 0.149. The van der Waals surface area contributed by atoms with E-state index in [1.54, 1.807) is 24.0 Å². The molecule has 2 heterocycles. The lowest BCUT2D eigenvalue weighted by Gasteiger charge is -2.06. The predicted molar refractivity (Wildman–Crippen MR) is 48.5 cm³/mol. The van der Waals surface area contributed by atoms with E-state index in [4.69, 9.17) is 0 Å². The summed E-state index contributed by atoms with van der Waals surface area (Å²) in [5.41, 5.74) is 0.716. The minimum Gasteiger partial charge on any atom is -0.316 e. The lowest BCUT2D eigenvalue weighted by atomic mass is 10.0. The first-order valence-electron chi connectivity index (χ1n) is 4.52. The summed E-state index contributed by atoms with van der Waals surface area (Å²) in [6.45, 7) is 1.76. The summed E-state index contributed by atoms with van der Waals surface area (Å²) in [5, 5.41) is 7.17. The topological polar surface area (TPSA) is 46.9 Å². The molecule has 4 heteroatoms. The van der Waals surface area contributed by atoms with Crippen LogP contribution in [0.25, 0.3) is 0 Å². The SMILES string of the molecule is Cn1nccc1C(=O)C1CCNC1. The molecule has 0 saturated carbocycles. The van der Waals surface area contributed by atoms with Crippen molar-refractivity contribution in [2.24, 2.45) is 13.0 Å². The van der Waals surface area contributed by atoms with Crippen molar-refractivity contribution in [2.75, 3.05) is 13.1 Å². The molecule has 0 spiro atoms. The van der Waals surface area contributed by atoms with E-state index in [1.807, 2.05) is 0 Å². The van der Waals surface area contributed by atoms with E-state index >= 15 is 0 Å². The molecule has 0 radical (unpaired) electrons. The smallest absolute Gasteiger partial charge is 0.185 e. The fourth-order valence-corrected chi connectivity index (χ4v) is 1.70. The average Bonchev–Trinajstić information content (AvgIpc) is 2.72. The molecule has 1 aliphatic rings. The van der Waals surface area contributed by atoms with Gasteiger partial charge in [-0.05, 0) is 19.0 Å². The van der Waals surface area contributed by atoms with Crippen LogP contribution < -0.4 is 5.32 Å². The van der Waals surface area contributed by atoms with Crippen molar-refractivity contribution in [3.05, 3.63) is 18.0 Å². The first-order valence-corrected chi connectivity index (χ1v) is 4.52. The van der Waals surface area contributed by atoms with Gasteiger partial charge in [-0.25, -0.2) is 0 Å². The van der Waals surface area contributed by atoms with Crippen LogP contribution in [0.3, 0.4) is 0 Å². The largest absolute Gasteiger partial charge is 0.316 e. The van der Waals surface area contributed by atoms with Gasteiger partial charge in [-0.2, -0.15) is 5.10 Å². The third kappa shape index (κ3) is 1.49. The fraction of sp³-hybridized carbons (Fsp3) is 0.556. The minimum atomic E-state index is 0.149. The number of carbonyl (C=O) groups excluding carboxylic acids is 1. The van der Waals surface area contributed by atoms with Crippen LogP contribution in [0, 0.1) is 5.92 Å². The normalized spacial score (nSPS) is 22.1. The molecule has 0 bridgehead atoms. The van der Waals surface area contributed by atoms with Crippen LogP contribution in [0.5, 0.6) is 0 Å². The standard InChI is InChI=1S/C9H13N3O/c1-12-8(3-5-11-12)9(13)7-2-4-10-6-7/h3,5,7,10H,2,4,6H2,1H3. The molecule has 1 aromatic heterocycles. The Kier molecular flexibility index (Phi) is 2.14. The third-order valence-corrected chi connectivity index (χ3v) is 2.50. The van der Waals surface area contributed by atoms with Gasteiger partial charge in [-0.1, -0.05) is 0 Å². The number of rotatable bonds is 2. The van der Waals surface area contributed by atoms with Gasteiger partial charge in [0.2, 0.25) is 0 Å². The molecule has 70 valence electrons. The Bertz CT molecular complexity index is 312. The molecule has 1 N–H and O–H groups in total. The monoisotopic (exact) mass is 179 g/mol. The molecule has 1 aliphatic heterocycles. The Balaban J connectivity index is 2.17. The summed E-state index contributed by atoms with van der Waals surface area (Å²) in [6.07, 6.45) is 2.61. The highest BCUT2D eigenvalue weighted by Crippen LogP contribution is 2.14. The molecule has 2 rings (SSSR count). The van der Waals surface area contributed by atoms with Gasteiger partial charge in [-0.3, -0.25) is 9.48 Å². The van der Waals surface area contributed by atoms with Crippen molar-refractivity contribution in [1.82, 2.24) is 15.1 Å². The molecule has 0 amide bonds. The van der Waals surface area contributed by atoms with Crippen LogP contribution in [0.2, 0.25) is 0 Å². The number of nitrogens with zero attached hydrogens (tertiary/aromatic N) is 2. The number of hydrogen-bond donors (Lipinski definition) is 1. The van der Waals surface area contributed by atoms with Crippen LogP contribution >= 0.6 is 0 Å². The molecule has 1 unspecified atom stereocenters. The number of aromatic nitrogens is 2. The average molecular weight is 179 g/mol. The molecule has 1 fully saturated rings. The zero-order valence-electron chi connectivity index (χ0n) is 7.66. The molecule has 1 aromatic rings. The van der Waals surface area contributed by atoms with Gasteiger partial charge in [0.15, 0.2) is 5.78 Å². The van der Waals surface area contributed by atoms with Crippen molar-refractivity contribution >= 4 is 5.78 Å². The lowest BCUT2D eigenvalue weighted by Crippen LogP contribution is -2.20. The summed E-state index contributed by atoms with van der Waals surface area (Å²) in [4.78, 5) is 11.8. The van der Waals surface area contributed by atoms with Crippen molar-refractivity contribution in [3.8, 4) is 0 Å². The van der Waals surface area contributed by atoms with Crippen molar-refractivity contribution in [3.63, 3.8) is 0 Å². The van der Waals surface area contributed by atoms with E-state index in [9.17, 15) is 4.79 Å². The molecular weight excluding hydrogens is 166 g/mol. The van der Waals surface area contributed by atoms with Gasteiger partial charge >= 0.3 is 0 Å². The Hall–Kier alpha value is -1.16. The van der Waals surface area contributed by atoms with E-state index in [2.05, 4.69) is 10.4 Å². The van der Waals surface area contributed by atoms with Gasteiger partial charge in [0.25, 0.3) is 0 Å². The lowest BCUT2D eigenvalue weighted by molar-refractivity contribution is 0.0921. The Morgan fingerprint density at radius 2 is 2.62 bits per heavy atom. The molecule has 1 saturated heterocycles. The number of aryl methyl sites for hydroxylation is 1. The summed E-state index contributed by atoms with van der Waals surface area (Å²) in [7, 11) is 1.80. The summed E-state index contributed by atoms with van der Waals surface area (Å²) in [5.74, 6) is 0.361. The van der Waals surface area contributed by atoms with Crippen molar-refractivity contribution < 1.29 is 4.79 Å². The summed E-state index contributed by atoms with van der Waals surface area (Å²) in [6, 6.07) is 1.78. The van der Waals surface area contributed by atoms with E-state index in [0.717, 1.165) is 19.5 Å². The summed E-state index contributed by atoms with van der Waals surface area (Å²) >= 11 is 0. The van der Waals surface area contributed by atoms with E-state index in [0.29, 0.717) is 5.69 Å². The molecule has 4 nitrogen and oxygen atoms in total. The zero-order chi connectivity index (χ0) is 9.26. The van der Waals surface area contributed by atoms with Crippen LogP contribution in [0.15, 0.2) is 12.3 Å². The second kappa shape index (κ2) is 3.30. The maximum Gasteiger partial charge on any atom is 0.185 e. The Morgan fingerprint density at radius 3 is 3.15 bits per heavy atom. The second-order valence-corrected chi connectivity index (χ2v) is 3.39. The van der Waals surface area contributed by atoms with Gasteiger partial charge in [0.1, 0.15) is 5.69 Å². The Labute approximate surface area is 76.9 Å². The van der Waals surface area contributed by atoms with Crippen molar-refractivity contribution in [2.45, 2.75) is 6.42 Å². The predicted octanol–water partition coefficient (Wildman–Crippen LogP) is 0.212. The van der Waals surface area contributed by atoms with Crippen LogP contribution in [-0.2, 0) is 7.05 Å². The highest BCUT2D eigenvalue weighted by molar-refractivity contribution is 5.96. The highest BCUT2D eigenvalue weighted by atomic mass is 16.1. The molecule has 1 atom stereocenters. The number of hydrogen-bond acceptors (Lipinski definition) is 3. The quantitative estimate of drug-likeness (QED) is 0.660. The second-order valence-electron chi connectivity index (χ2n) is 3.39. The van der Waals surface area contributed by atoms with Gasteiger partial charge < -0.3 is 5.32 Å². The van der Waals surface area contributed by atoms with Crippen LogP contribution in [0.1, 0.15) is 16.9 Å². The van der Waals surface area contributed by atoms with Crippen molar-refractivity contribution in [1.29, 1.82) is 0 Å². The molecule has 0 aromatic carbocycles. The highest BCUT2D eigenvalue weighted by Gasteiger charge is 2.25. The zero-order valence-corrected chi connectivity index (χ0v) is 7.66. The molecule has 13 heavy (non-hydrogen) atoms. The number of Topliss-reactive ketones (excluding diaryl/α,β-unsaturated/α-hetero) is 1. The number of carbonyl (C=O) groups is 1. The van der Waals surface area contributed by atoms with Crippen LogP contribution in [0.4, 0.5) is 0 Å². The number of ketones is 1. The number of nitrogens with one attached hydrogen (secondary N) is 1. The first kappa shape index (κ1) is 8.44. The van der Waals surface area contributed by atoms with E-state index < -0.39 is 0 Å². The third-order valence-electron chi connectivity index (χ3n) is 2.50. The molecular formula is C9H13N3O. The van der Waals surface area contributed by atoms with E-state index in [1.165, 1.54) is 0 Å². The van der Waals surface area contributed by atoms with Gasteiger partial charge in [0, 0.05) is 25.7 Å². The summed E-state index contributed by atoms with van der Waals surface area (Å²) < 4.78 is 1.64. The maximum absolute atomic E-state index is 11.8. The Morgan fingerprint density at radius 1 is 1.77 bits per heavy atom. The first-order chi connectivity index (χ1) is 6.29. The van der Waals surface area contributed by atoms with E-state index in [-0.39, 0.29) is 11.7 Å². The fourth-order valence-electron chi connectivity index (χ4n) is 1.70. The maximum atomic E-state index is 11.8. The molecule has 0 aliphatic carbocycles. The van der Waals surface area contributed by atoms with Crippen LogP contribution in [-0.4, -0.2) is 28.7 Å².